The Morgan fingerprint density at radius 2 is 1.82 bits per heavy atom. The van der Waals surface area contributed by atoms with Crippen molar-refractivity contribution in [1.82, 2.24) is 14.5 Å². The monoisotopic (exact) mass is 539 g/mol. The van der Waals surface area contributed by atoms with Crippen molar-refractivity contribution in [2.75, 3.05) is 6.61 Å². The molecule has 0 fully saturated rings. The SMILES string of the molecule is CCOC(=O)c1cnc(-c2cn(C(O)OC(C)(C)C)c3cc(OCc4ccccc4)ccc23)nc1C(C)(F)F. The molecule has 206 valence electrons. The number of carbonyl (C=O) groups excluding carboxylic acids is 1. The van der Waals surface area contributed by atoms with Gasteiger partial charge < -0.3 is 19.3 Å². The Labute approximate surface area is 225 Å². The van der Waals surface area contributed by atoms with Gasteiger partial charge in [-0.05, 0) is 45.4 Å². The summed E-state index contributed by atoms with van der Waals surface area (Å²) in [5, 5.41) is 11.5. The van der Waals surface area contributed by atoms with Crippen LogP contribution in [0.3, 0.4) is 0 Å². The van der Waals surface area contributed by atoms with Crippen LogP contribution >= 0.6 is 0 Å². The van der Waals surface area contributed by atoms with Gasteiger partial charge >= 0.3 is 5.97 Å². The number of benzene rings is 2. The van der Waals surface area contributed by atoms with Gasteiger partial charge in [0.1, 0.15) is 23.6 Å². The molecule has 1 atom stereocenters. The molecule has 0 aliphatic heterocycles. The Morgan fingerprint density at radius 1 is 1.10 bits per heavy atom. The summed E-state index contributed by atoms with van der Waals surface area (Å²) in [7, 11) is 0. The van der Waals surface area contributed by atoms with E-state index in [0.717, 1.165) is 11.8 Å². The van der Waals surface area contributed by atoms with Crippen LogP contribution in [0.25, 0.3) is 22.3 Å². The van der Waals surface area contributed by atoms with E-state index in [0.29, 0.717) is 35.7 Å². The number of hydrogen-bond acceptors (Lipinski definition) is 7. The van der Waals surface area contributed by atoms with E-state index in [4.69, 9.17) is 14.2 Å². The van der Waals surface area contributed by atoms with Crippen molar-refractivity contribution in [3.63, 3.8) is 0 Å². The quantitative estimate of drug-likeness (QED) is 0.199. The summed E-state index contributed by atoms with van der Waals surface area (Å²) in [5.74, 6) is -3.90. The lowest BCUT2D eigenvalue weighted by molar-refractivity contribution is -0.207. The van der Waals surface area contributed by atoms with E-state index in [9.17, 15) is 18.7 Å². The number of alkyl halides is 2. The molecule has 0 radical (unpaired) electrons. The zero-order chi connectivity index (χ0) is 28.4. The second kappa shape index (κ2) is 11.1. The fourth-order valence-electron chi connectivity index (χ4n) is 4.00. The summed E-state index contributed by atoms with van der Waals surface area (Å²) in [6.45, 7) is 7.96. The second-order valence-electron chi connectivity index (χ2n) is 10.0. The van der Waals surface area contributed by atoms with Crippen LogP contribution in [-0.2, 0) is 22.0 Å². The third-order valence-electron chi connectivity index (χ3n) is 5.69. The largest absolute Gasteiger partial charge is 0.489 e. The number of hydrogen-bond donors (Lipinski definition) is 1. The fraction of sp³-hybridized carbons (Fsp3) is 0.345. The van der Waals surface area contributed by atoms with Crippen LogP contribution in [0, 0.1) is 0 Å². The van der Waals surface area contributed by atoms with Crippen molar-refractivity contribution in [1.29, 1.82) is 0 Å². The summed E-state index contributed by atoms with van der Waals surface area (Å²) < 4.78 is 47.2. The van der Waals surface area contributed by atoms with Gasteiger partial charge in [-0.25, -0.2) is 14.8 Å². The molecule has 0 bridgehead atoms. The topological polar surface area (TPSA) is 95.7 Å². The average molecular weight is 540 g/mol. The minimum absolute atomic E-state index is 0.0170. The summed E-state index contributed by atoms with van der Waals surface area (Å²) >= 11 is 0. The smallest absolute Gasteiger partial charge is 0.341 e. The molecule has 0 saturated heterocycles. The van der Waals surface area contributed by atoms with Crippen LogP contribution in [0.1, 0.15) is 62.6 Å². The molecule has 1 N–H and O–H groups in total. The Hall–Kier alpha value is -3.89. The van der Waals surface area contributed by atoms with Gasteiger partial charge in [-0.3, -0.25) is 4.57 Å². The summed E-state index contributed by atoms with van der Waals surface area (Å²) in [6, 6.07) is 14.8. The van der Waals surface area contributed by atoms with Gasteiger partial charge in [0.25, 0.3) is 5.92 Å². The molecule has 0 saturated carbocycles. The third-order valence-corrected chi connectivity index (χ3v) is 5.69. The highest BCUT2D eigenvalue weighted by atomic mass is 19.3. The fourth-order valence-corrected chi connectivity index (χ4v) is 4.00. The Kier molecular flexibility index (Phi) is 7.99. The lowest BCUT2D eigenvalue weighted by Gasteiger charge is -2.25. The summed E-state index contributed by atoms with van der Waals surface area (Å²) in [5.41, 5.74) is -0.00172. The number of fused-ring (bicyclic) bond motifs is 1. The van der Waals surface area contributed by atoms with Crippen molar-refractivity contribution in [2.45, 2.75) is 59.2 Å². The maximum Gasteiger partial charge on any atom is 0.341 e. The lowest BCUT2D eigenvalue weighted by atomic mass is 10.1. The Balaban J connectivity index is 1.82. The first-order valence-electron chi connectivity index (χ1n) is 12.5. The standard InChI is InChI=1S/C29H31F2N3O5/c1-6-37-26(35)21-15-32-25(33-24(21)29(5,30)31)22-16-34(27(36)39-28(2,3)4)23-14-19(12-13-20(22)23)38-17-18-10-8-7-9-11-18/h7-16,27,36H,6,17H2,1-5H3. The number of nitrogens with zero attached hydrogens (tertiary/aromatic N) is 3. The molecule has 8 nitrogen and oxygen atoms in total. The molecule has 2 heterocycles. The minimum Gasteiger partial charge on any atom is -0.489 e. The molecule has 4 rings (SSSR count). The van der Waals surface area contributed by atoms with Crippen molar-refractivity contribution in [3.05, 3.63) is 77.7 Å². The lowest BCUT2D eigenvalue weighted by Crippen LogP contribution is -2.25. The molecule has 0 spiro atoms. The molecule has 2 aromatic carbocycles. The zero-order valence-electron chi connectivity index (χ0n) is 22.4. The zero-order valence-corrected chi connectivity index (χ0v) is 22.4. The van der Waals surface area contributed by atoms with Gasteiger partial charge in [0.05, 0.1) is 17.7 Å². The number of aliphatic hydroxyl groups excluding tert-OH is 1. The van der Waals surface area contributed by atoms with Crippen molar-refractivity contribution < 1.29 is 32.9 Å². The van der Waals surface area contributed by atoms with Crippen LogP contribution < -0.4 is 4.74 Å². The highest BCUT2D eigenvalue weighted by molar-refractivity contribution is 5.96. The maximum absolute atomic E-state index is 14.5. The van der Waals surface area contributed by atoms with Crippen LogP contribution in [0.15, 0.2) is 60.9 Å². The van der Waals surface area contributed by atoms with Crippen LogP contribution in [-0.4, -0.2) is 37.8 Å². The Bertz CT molecular complexity index is 1460. The highest BCUT2D eigenvalue weighted by Gasteiger charge is 2.34. The first-order valence-corrected chi connectivity index (χ1v) is 12.5. The predicted octanol–water partition coefficient (Wildman–Crippen LogP) is 6.23. The molecule has 1 unspecified atom stereocenters. The molecule has 39 heavy (non-hydrogen) atoms. The van der Waals surface area contributed by atoms with Crippen LogP contribution in [0.2, 0.25) is 0 Å². The van der Waals surface area contributed by atoms with E-state index in [1.165, 1.54) is 10.8 Å². The molecule has 0 amide bonds. The first kappa shape index (κ1) is 28.1. The molecule has 10 heteroatoms. The number of halogens is 2. The number of aliphatic hydroxyl groups is 1. The second-order valence-corrected chi connectivity index (χ2v) is 10.0. The van der Waals surface area contributed by atoms with Gasteiger partial charge in [0.15, 0.2) is 5.82 Å². The number of aromatic nitrogens is 3. The number of carbonyl (C=O) groups is 1. The highest BCUT2D eigenvalue weighted by Crippen LogP contribution is 2.36. The first-order chi connectivity index (χ1) is 18.4. The van der Waals surface area contributed by atoms with E-state index in [-0.39, 0.29) is 12.4 Å². The van der Waals surface area contributed by atoms with Gasteiger partial charge in [-0.1, -0.05) is 30.3 Å². The number of esters is 1. The molecule has 4 aromatic rings. The van der Waals surface area contributed by atoms with E-state index >= 15 is 0 Å². The van der Waals surface area contributed by atoms with Gasteiger partial charge in [-0.2, -0.15) is 8.78 Å². The summed E-state index contributed by atoms with van der Waals surface area (Å²) in [6.07, 6.45) is 1.16. The van der Waals surface area contributed by atoms with Crippen molar-refractivity contribution in [2.24, 2.45) is 0 Å². The van der Waals surface area contributed by atoms with E-state index in [2.05, 4.69) is 9.97 Å². The molecule has 2 aromatic heterocycles. The van der Waals surface area contributed by atoms with Gasteiger partial charge in [0.2, 0.25) is 6.41 Å². The minimum atomic E-state index is -3.44. The number of ether oxygens (including phenoxy) is 3. The summed E-state index contributed by atoms with van der Waals surface area (Å²) in [4.78, 5) is 20.6. The van der Waals surface area contributed by atoms with Gasteiger partial charge in [0, 0.05) is 36.3 Å². The van der Waals surface area contributed by atoms with Crippen LogP contribution in [0.5, 0.6) is 5.75 Å². The van der Waals surface area contributed by atoms with Crippen molar-refractivity contribution >= 4 is 16.9 Å². The molecular formula is C29H31F2N3O5. The molecular weight excluding hydrogens is 508 g/mol. The van der Waals surface area contributed by atoms with Gasteiger partial charge in [-0.15, -0.1) is 0 Å². The van der Waals surface area contributed by atoms with Crippen LogP contribution in [0.4, 0.5) is 8.78 Å². The third kappa shape index (κ3) is 6.58. The molecule has 0 aliphatic rings. The maximum atomic E-state index is 14.5. The molecule has 0 aliphatic carbocycles. The Morgan fingerprint density at radius 3 is 2.46 bits per heavy atom. The van der Waals surface area contributed by atoms with E-state index in [1.807, 2.05) is 30.3 Å². The normalized spacial score (nSPS) is 12.9. The predicted molar refractivity (Wildman–Crippen MR) is 141 cm³/mol. The average Bonchev–Trinajstić information content (AvgIpc) is 3.25. The van der Waals surface area contributed by atoms with E-state index in [1.54, 1.807) is 45.9 Å². The van der Waals surface area contributed by atoms with E-state index < -0.39 is 35.2 Å². The number of rotatable bonds is 9. The van der Waals surface area contributed by atoms with Crippen molar-refractivity contribution in [3.8, 4) is 17.1 Å².